The van der Waals surface area contributed by atoms with Crippen molar-refractivity contribution >= 4 is 24.6 Å². The fraction of sp³-hybridized carbons (Fsp3) is 0.684. The molecule has 2 bridgehead atoms. The summed E-state index contributed by atoms with van der Waals surface area (Å²) in [6, 6.07) is 9.74. The maximum atomic E-state index is 14.6. The zero-order valence-electron chi connectivity index (χ0n) is 30.8. The molecule has 1 aromatic carbocycles. The molecular weight excluding hydrogens is 633 g/mol. The maximum absolute atomic E-state index is 14.6. The third kappa shape index (κ3) is 6.35. The Kier molecular flexibility index (Phi) is 9.33. The molecule has 1 unspecified atom stereocenters. The van der Waals surface area contributed by atoms with Gasteiger partial charge in [0, 0.05) is 12.8 Å². The van der Waals surface area contributed by atoms with E-state index in [9.17, 15) is 9.59 Å². The van der Waals surface area contributed by atoms with E-state index in [1.54, 1.807) is 7.11 Å². The number of nitrogens with zero attached hydrogens (tertiary/aromatic N) is 3. The van der Waals surface area contributed by atoms with Crippen LogP contribution in [0.4, 0.5) is 0 Å². The van der Waals surface area contributed by atoms with Crippen molar-refractivity contribution in [3.8, 4) is 5.75 Å². The fourth-order valence-corrected chi connectivity index (χ4v) is 9.55. The van der Waals surface area contributed by atoms with Gasteiger partial charge in [-0.25, -0.2) is 0 Å². The number of carbonyl (C=O) groups is 2. The first-order valence-corrected chi connectivity index (χ1v) is 18.7. The van der Waals surface area contributed by atoms with Crippen LogP contribution >= 0.6 is 0 Å². The van der Waals surface area contributed by atoms with Crippen molar-refractivity contribution in [1.82, 2.24) is 20.4 Å². The van der Waals surface area contributed by atoms with Gasteiger partial charge in [-0.3, -0.25) is 14.3 Å². The maximum Gasteiger partial charge on any atom is 0.481 e. The van der Waals surface area contributed by atoms with Gasteiger partial charge in [0.05, 0.1) is 48.7 Å². The number of amides is 2. The molecule has 2 aromatic rings. The molecule has 4 aliphatic carbocycles. The number of carbonyl (C=O) groups excluding carboxylic acids is 2. The molecule has 8 rings (SSSR count). The lowest BCUT2D eigenvalue weighted by atomic mass is 9.43. The van der Waals surface area contributed by atoms with Crippen molar-refractivity contribution in [3.63, 3.8) is 0 Å². The van der Waals surface area contributed by atoms with Gasteiger partial charge >= 0.3 is 7.12 Å². The van der Waals surface area contributed by atoms with Crippen LogP contribution in [0.3, 0.4) is 0 Å². The molecule has 3 heterocycles. The molecule has 5 fully saturated rings. The number of hydrogen-bond donors (Lipinski definition) is 2. The van der Waals surface area contributed by atoms with E-state index in [4.69, 9.17) is 18.9 Å². The van der Waals surface area contributed by atoms with E-state index in [0.717, 1.165) is 49.8 Å². The predicted molar refractivity (Wildman–Crippen MR) is 191 cm³/mol. The predicted octanol–water partition coefficient (Wildman–Crippen LogP) is 5.60. The average Bonchev–Trinajstić information content (AvgIpc) is 3.88. The van der Waals surface area contributed by atoms with Gasteiger partial charge in [-0.1, -0.05) is 57.8 Å². The first-order chi connectivity index (χ1) is 23.8. The molecule has 270 valence electrons. The molecule has 50 heavy (non-hydrogen) atoms. The highest BCUT2D eigenvalue weighted by molar-refractivity contribution is 6.48. The second-order valence-corrected chi connectivity index (χ2v) is 16.7. The quantitative estimate of drug-likeness (QED) is 0.279. The molecule has 1 saturated heterocycles. The van der Waals surface area contributed by atoms with Gasteiger partial charge in [0.2, 0.25) is 5.60 Å². The van der Waals surface area contributed by atoms with Crippen LogP contribution in [0.1, 0.15) is 114 Å². The summed E-state index contributed by atoms with van der Waals surface area (Å²) in [7, 11) is 1.06. The van der Waals surface area contributed by atoms with Gasteiger partial charge < -0.3 is 29.5 Å². The molecule has 0 spiro atoms. The zero-order chi connectivity index (χ0) is 35.4. The van der Waals surface area contributed by atoms with E-state index in [1.807, 2.05) is 41.9 Å². The lowest BCUT2D eigenvalue weighted by Crippen LogP contribution is -2.65. The molecule has 4 saturated carbocycles. The number of aromatic nitrogens is 2. The number of hydrogen-bond acceptors (Lipinski definition) is 8. The smallest absolute Gasteiger partial charge is 0.481 e. The molecule has 2 N–H and O–H groups in total. The van der Waals surface area contributed by atoms with Crippen LogP contribution in [0, 0.1) is 30.1 Å². The standard InChI is InChI=1S/C38H54BN5O6/c1-23(2)15-33(39-48-32-19-26-18-31(36(26,4)5)37(32,6)49-39)41-35(46)38(20-25-11-10-14-29(17-25)47-7)21-27(43-50-38)22-40-34(45)30-16-24(3)42-44(30)28-12-8-9-13-28/h10-11,14,16-17,23,26,28,31-33H,8-9,12-13,15,18-22H2,1-7H3,(H,40,45)(H,41,46)/t26-,31-,32+,33-,37-,38?/m0/s1. The van der Waals surface area contributed by atoms with Crippen LogP contribution in [-0.4, -0.2) is 71.3 Å². The lowest BCUT2D eigenvalue weighted by molar-refractivity contribution is -0.199. The second kappa shape index (κ2) is 13.3. The largest absolute Gasteiger partial charge is 0.497 e. The van der Waals surface area contributed by atoms with Gasteiger partial charge in [-0.2, -0.15) is 5.10 Å². The first kappa shape index (κ1) is 35.0. The van der Waals surface area contributed by atoms with Crippen molar-refractivity contribution in [2.75, 3.05) is 13.7 Å². The molecule has 6 atom stereocenters. The Morgan fingerprint density at radius 3 is 2.64 bits per heavy atom. The number of aryl methyl sites for hydroxylation is 1. The summed E-state index contributed by atoms with van der Waals surface area (Å²) in [5, 5.41) is 15.4. The average molecular weight is 688 g/mol. The number of ether oxygens (including phenoxy) is 1. The summed E-state index contributed by atoms with van der Waals surface area (Å²) in [5.74, 6) is 1.17. The molecule has 2 aliphatic heterocycles. The summed E-state index contributed by atoms with van der Waals surface area (Å²) in [6.07, 6.45) is 7.66. The van der Waals surface area contributed by atoms with E-state index in [1.165, 1.54) is 0 Å². The van der Waals surface area contributed by atoms with E-state index in [-0.39, 0.29) is 66.2 Å². The molecular formula is C38H54BN5O6. The Hall–Kier alpha value is -3.38. The van der Waals surface area contributed by atoms with Crippen LogP contribution in [0.25, 0.3) is 0 Å². The summed E-state index contributed by atoms with van der Waals surface area (Å²) in [6.45, 7) is 13.3. The van der Waals surface area contributed by atoms with Crippen LogP contribution in [0.5, 0.6) is 5.75 Å². The van der Waals surface area contributed by atoms with Crippen LogP contribution in [0.15, 0.2) is 35.5 Å². The van der Waals surface area contributed by atoms with Gasteiger partial charge in [0.1, 0.15) is 11.4 Å². The Balaban J connectivity index is 1.08. The highest BCUT2D eigenvalue weighted by atomic mass is 16.7. The Morgan fingerprint density at radius 2 is 1.92 bits per heavy atom. The van der Waals surface area contributed by atoms with E-state index in [2.05, 4.69) is 55.5 Å². The number of rotatable bonds is 12. The number of nitrogens with one attached hydrogen (secondary N) is 2. The minimum Gasteiger partial charge on any atom is -0.497 e. The fourth-order valence-electron chi connectivity index (χ4n) is 9.55. The molecule has 1 aromatic heterocycles. The van der Waals surface area contributed by atoms with E-state index in [0.29, 0.717) is 35.4 Å². The highest BCUT2D eigenvalue weighted by Crippen LogP contribution is 2.65. The lowest BCUT2D eigenvalue weighted by Gasteiger charge is -2.64. The first-order valence-electron chi connectivity index (χ1n) is 18.7. The third-order valence-corrected chi connectivity index (χ3v) is 12.4. The van der Waals surface area contributed by atoms with Gasteiger partial charge in [0.15, 0.2) is 0 Å². The topological polar surface area (TPSA) is 125 Å². The van der Waals surface area contributed by atoms with Crippen LogP contribution < -0.4 is 15.4 Å². The minimum atomic E-state index is -1.33. The minimum absolute atomic E-state index is 0.0108. The van der Waals surface area contributed by atoms with Crippen molar-refractivity contribution in [2.45, 2.75) is 129 Å². The summed E-state index contributed by atoms with van der Waals surface area (Å²) < 4.78 is 20.9. The molecule has 6 aliphatic rings. The Bertz CT molecular complexity index is 1640. The number of methoxy groups -OCH3 is 1. The van der Waals surface area contributed by atoms with Crippen molar-refractivity contribution < 1.29 is 28.5 Å². The van der Waals surface area contributed by atoms with Gasteiger partial charge in [0.25, 0.3) is 11.8 Å². The summed E-state index contributed by atoms with van der Waals surface area (Å²) in [4.78, 5) is 34.2. The Labute approximate surface area is 296 Å². The van der Waals surface area contributed by atoms with Gasteiger partial charge in [-0.15, -0.1) is 0 Å². The van der Waals surface area contributed by atoms with E-state index < -0.39 is 12.7 Å². The molecule has 2 amide bonds. The number of benzene rings is 1. The van der Waals surface area contributed by atoms with Crippen LogP contribution in [-0.2, 0) is 25.4 Å². The highest BCUT2D eigenvalue weighted by Gasteiger charge is 2.68. The molecule has 12 heteroatoms. The number of oxime groups is 1. The van der Waals surface area contributed by atoms with Crippen LogP contribution in [0.2, 0.25) is 0 Å². The zero-order valence-corrected chi connectivity index (χ0v) is 30.8. The van der Waals surface area contributed by atoms with E-state index >= 15 is 0 Å². The van der Waals surface area contributed by atoms with Crippen molar-refractivity contribution in [3.05, 3.63) is 47.3 Å². The van der Waals surface area contributed by atoms with Crippen molar-refractivity contribution in [2.24, 2.45) is 28.3 Å². The SMILES string of the molecule is COc1cccc(CC2(C(=O)N[C@@H](CC(C)C)B3O[C@@H]4C[C@@H]5C[C@@H](C5(C)C)[C@]4(C)O3)CC(CNC(=O)c3cc(C)nn3C3CCCC3)=NO2)c1. The monoisotopic (exact) mass is 687 g/mol. The molecule has 0 radical (unpaired) electrons. The summed E-state index contributed by atoms with van der Waals surface area (Å²) >= 11 is 0. The third-order valence-electron chi connectivity index (χ3n) is 12.4. The molecule has 11 nitrogen and oxygen atoms in total. The normalized spacial score (nSPS) is 30.4. The summed E-state index contributed by atoms with van der Waals surface area (Å²) in [5.41, 5.74) is 1.35. The van der Waals surface area contributed by atoms with Gasteiger partial charge in [-0.05, 0) is 92.9 Å². The Morgan fingerprint density at radius 1 is 1.14 bits per heavy atom. The second-order valence-electron chi connectivity index (χ2n) is 16.7. The van der Waals surface area contributed by atoms with Crippen molar-refractivity contribution in [1.29, 1.82) is 0 Å².